The molecule has 1 heterocycles. The number of carbonyl (C=O) groups is 2. The van der Waals surface area contributed by atoms with Gasteiger partial charge in [0, 0.05) is 12.8 Å². The van der Waals surface area contributed by atoms with Crippen LogP contribution >= 0.6 is 0 Å². The fourth-order valence-electron chi connectivity index (χ4n) is 11.5. The number of nitrogens with one attached hydrogen (secondary N) is 1. The number of allylic oxidation sites excluding steroid dienone is 5. The molecule has 0 radical (unpaired) electrons. The molecular formula is C73H137NO10. The van der Waals surface area contributed by atoms with Gasteiger partial charge in [-0.25, -0.2) is 0 Å². The number of aliphatic hydroxyl groups is 5. The molecule has 11 nitrogen and oxygen atoms in total. The maximum atomic E-state index is 13.0. The van der Waals surface area contributed by atoms with Gasteiger partial charge in [0.15, 0.2) is 6.29 Å². The summed E-state index contributed by atoms with van der Waals surface area (Å²) in [5, 5.41) is 54.3. The number of aliphatic hydroxyl groups excluding tert-OH is 5. The lowest BCUT2D eigenvalue weighted by molar-refractivity contribution is -0.302. The molecule has 1 amide bonds. The Labute approximate surface area is 517 Å². The third-order valence-corrected chi connectivity index (χ3v) is 17.2. The summed E-state index contributed by atoms with van der Waals surface area (Å²) in [7, 11) is 0. The maximum absolute atomic E-state index is 13.0. The van der Waals surface area contributed by atoms with Crippen LogP contribution in [0.5, 0.6) is 0 Å². The highest BCUT2D eigenvalue weighted by atomic mass is 16.7. The van der Waals surface area contributed by atoms with Crippen LogP contribution in [-0.4, -0.2) is 100 Å². The molecule has 7 atom stereocenters. The minimum Gasteiger partial charge on any atom is -0.466 e. The number of rotatable bonds is 64. The van der Waals surface area contributed by atoms with Crippen LogP contribution in [0.1, 0.15) is 354 Å². The predicted molar refractivity (Wildman–Crippen MR) is 352 cm³/mol. The quantitative estimate of drug-likeness (QED) is 0.0195. The van der Waals surface area contributed by atoms with E-state index in [2.05, 4.69) is 43.5 Å². The Bertz CT molecular complexity index is 1490. The second-order valence-electron chi connectivity index (χ2n) is 25.3. The summed E-state index contributed by atoms with van der Waals surface area (Å²) in [5.74, 6) is -0.178. The molecule has 1 aliphatic heterocycles. The third kappa shape index (κ3) is 50.8. The van der Waals surface area contributed by atoms with E-state index in [0.717, 1.165) is 57.8 Å². The van der Waals surface area contributed by atoms with E-state index < -0.39 is 49.5 Å². The number of ether oxygens (including phenoxy) is 3. The summed E-state index contributed by atoms with van der Waals surface area (Å²) in [6, 6.07) is -0.807. The molecule has 1 rings (SSSR count). The number of carbonyl (C=O) groups excluding carboxylic acids is 2. The van der Waals surface area contributed by atoms with E-state index in [0.29, 0.717) is 19.4 Å². The Morgan fingerprint density at radius 2 is 0.762 bits per heavy atom. The molecule has 494 valence electrons. The van der Waals surface area contributed by atoms with Crippen molar-refractivity contribution in [3.8, 4) is 0 Å². The number of unbranched alkanes of at least 4 members (excludes halogenated alkanes) is 46. The summed E-state index contributed by atoms with van der Waals surface area (Å²) in [6.45, 7) is 4.34. The highest BCUT2D eigenvalue weighted by molar-refractivity contribution is 5.76. The highest BCUT2D eigenvalue weighted by Crippen LogP contribution is 2.23. The van der Waals surface area contributed by atoms with Crippen molar-refractivity contribution in [3.05, 3.63) is 36.5 Å². The maximum Gasteiger partial charge on any atom is 0.305 e. The lowest BCUT2D eigenvalue weighted by Crippen LogP contribution is -2.60. The molecule has 0 bridgehead atoms. The minimum absolute atomic E-state index is 0.00266. The van der Waals surface area contributed by atoms with Crippen molar-refractivity contribution < 1.29 is 49.3 Å². The Kier molecular flexibility index (Phi) is 59.4. The zero-order chi connectivity index (χ0) is 60.9. The van der Waals surface area contributed by atoms with Crippen LogP contribution in [0, 0.1) is 0 Å². The summed E-state index contributed by atoms with van der Waals surface area (Å²) in [6.07, 6.45) is 70.2. The number of hydrogen-bond acceptors (Lipinski definition) is 10. The second-order valence-corrected chi connectivity index (χ2v) is 25.3. The van der Waals surface area contributed by atoms with E-state index in [1.165, 1.54) is 270 Å². The van der Waals surface area contributed by atoms with Crippen molar-refractivity contribution >= 4 is 11.9 Å². The zero-order valence-electron chi connectivity index (χ0n) is 54.9. The molecular weight excluding hydrogens is 1050 g/mol. The molecule has 1 saturated heterocycles. The zero-order valence-corrected chi connectivity index (χ0v) is 54.9. The second kappa shape index (κ2) is 62.5. The molecule has 0 saturated carbocycles. The molecule has 0 aromatic heterocycles. The topological polar surface area (TPSA) is 175 Å². The van der Waals surface area contributed by atoms with Crippen LogP contribution in [0.15, 0.2) is 36.5 Å². The largest absolute Gasteiger partial charge is 0.466 e. The van der Waals surface area contributed by atoms with E-state index in [1.54, 1.807) is 6.08 Å². The van der Waals surface area contributed by atoms with Gasteiger partial charge in [0.1, 0.15) is 24.4 Å². The molecule has 1 aliphatic rings. The van der Waals surface area contributed by atoms with Gasteiger partial charge in [-0.1, -0.05) is 294 Å². The molecule has 0 spiro atoms. The fourth-order valence-corrected chi connectivity index (χ4v) is 11.5. The number of hydrogen-bond donors (Lipinski definition) is 6. The van der Waals surface area contributed by atoms with Gasteiger partial charge in [-0.3, -0.25) is 9.59 Å². The van der Waals surface area contributed by atoms with Crippen molar-refractivity contribution in [2.24, 2.45) is 0 Å². The summed E-state index contributed by atoms with van der Waals surface area (Å²) in [5.41, 5.74) is 0. The van der Waals surface area contributed by atoms with Gasteiger partial charge >= 0.3 is 5.97 Å². The molecule has 0 aromatic rings. The van der Waals surface area contributed by atoms with E-state index in [9.17, 15) is 35.1 Å². The number of esters is 1. The van der Waals surface area contributed by atoms with E-state index in [1.807, 2.05) is 6.08 Å². The standard InChI is InChI=1S/C73H137NO10/c1-3-5-7-9-11-13-14-15-16-35-38-41-45-49-53-57-61-69(78)82-62-58-54-50-46-42-39-36-33-31-29-27-25-23-21-19-17-18-20-22-24-26-28-30-32-34-37-40-44-48-52-56-60-68(77)74-65(66(76)59-55-51-47-43-12-10-8-6-4-2)64-83-73-72(81)71(80)70(79)67(63-75)84-73/h16,19,21,35,55,59,65-67,70-73,75-76,79-81H,3-15,17-18,20,22-34,36-54,56-58,60-64H2,1-2H3,(H,74,77)/b21-19-,35-16-,59-55+. The third-order valence-electron chi connectivity index (χ3n) is 17.2. The molecule has 1 fully saturated rings. The van der Waals surface area contributed by atoms with Crippen molar-refractivity contribution in [1.29, 1.82) is 0 Å². The fraction of sp³-hybridized carbons (Fsp3) is 0.890. The van der Waals surface area contributed by atoms with Crippen LogP contribution in [0.4, 0.5) is 0 Å². The molecule has 7 unspecified atom stereocenters. The van der Waals surface area contributed by atoms with Crippen LogP contribution < -0.4 is 5.32 Å². The average molecular weight is 1190 g/mol. The Morgan fingerprint density at radius 3 is 1.14 bits per heavy atom. The Hall–Kier alpha value is -2.12. The molecule has 11 heteroatoms. The van der Waals surface area contributed by atoms with Gasteiger partial charge < -0.3 is 45.1 Å². The van der Waals surface area contributed by atoms with E-state index in [4.69, 9.17) is 14.2 Å². The Morgan fingerprint density at radius 1 is 0.429 bits per heavy atom. The van der Waals surface area contributed by atoms with Crippen molar-refractivity contribution in [2.75, 3.05) is 19.8 Å². The molecule has 6 N–H and O–H groups in total. The average Bonchev–Trinajstić information content (AvgIpc) is 3.68. The monoisotopic (exact) mass is 1190 g/mol. The smallest absolute Gasteiger partial charge is 0.305 e. The summed E-state index contributed by atoms with van der Waals surface area (Å²) in [4.78, 5) is 25.1. The van der Waals surface area contributed by atoms with Crippen LogP contribution in [0.3, 0.4) is 0 Å². The van der Waals surface area contributed by atoms with Gasteiger partial charge in [0.05, 0.1) is 32.0 Å². The van der Waals surface area contributed by atoms with Gasteiger partial charge in [0.2, 0.25) is 5.91 Å². The van der Waals surface area contributed by atoms with E-state index in [-0.39, 0.29) is 18.5 Å². The van der Waals surface area contributed by atoms with Crippen molar-refractivity contribution in [3.63, 3.8) is 0 Å². The summed E-state index contributed by atoms with van der Waals surface area (Å²) < 4.78 is 16.7. The van der Waals surface area contributed by atoms with Gasteiger partial charge in [-0.15, -0.1) is 0 Å². The first-order chi connectivity index (χ1) is 41.2. The van der Waals surface area contributed by atoms with Crippen molar-refractivity contribution in [1.82, 2.24) is 5.32 Å². The molecule has 0 aromatic carbocycles. The lowest BCUT2D eigenvalue weighted by atomic mass is 9.99. The van der Waals surface area contributed by atoms with Gasteiger partial charge in [-0.2, -0.15) is 0 Å². The number of amides is 1. The van der Waals surface area contributed by atoms with Crippen LogP contribution in [0.25, 0.3) is 0 Å². The van der Waals surface area contributed by atoms with Gasteiger partial charge in [-0.05, 0) is 83.5 Å². The summed E-state index contributed by atoms with van der Waals surface area (Å²) >= 11 is 0. The first-order valence-electron chi connectivity index (χ1n) is 36.3. The first kappa shape index (κ1) is 79.9. The van der Waals surface area contributed by atoms with E-state index >= 15 is 0 Å². The molecule has 0 aliphatic carbocycles. The normalized spacial score (nSPS) is 18.2. The first-order valence-corrected chi connectivity index (χ1v) is 36.3. The highest BCUT2D eigenvalue weighted by Gasteiger charge is 2.44. The van der Waals surface area contributed by atoms with Crippen molar-refractivity contribution in [2.45, 2.75) is 397 Å². The predicted octanol–water partition coefficient (Wildman–Crippen LogP) is 18.6. The molecule has 84 heavy (non-hydrogen) atoms. The van der Waals surface area contributed by atoms with Gasteiger partial charge in [0.25, 0.3) is 0 Å². The lowest BCUT2D eigenvalue weighted by Gasteiger charge is -2.40. The SMILES string of the molecule is CCCCCCCCC/C=C\CCCCCCCC(=O)OCCCCCCCCCCCCCC/C=C\CCCCCCCCCCCCCCCCCC(=O)NC(COC1OC(CO)C(O)C(O)C1O)C(O)/C=C/CCCCCCCCC. The van der Waals surface area contributed by atoms with Crippen LogP contribution in [0.2, 0.25) is 0 Å². The van der Waals surface area contributed by atoms with Crippen LogP contribution in [-0.2, 0) is 23.8 Å². The Balaban J connectivity index is 1.90. The minimum atomic E-state index is -1.57.